The Bertz CT molecular complexity index is 510. The van der Waals surface area contributed by atoms with Crippen molar-refractivity contribution in [1.82, 2.24) is 4.90 Å². The molecule has 0 heterocycles. The minimum Gasteiger partial charge on any atom is -0.463 e. The lowest BCUT2D eigenvalue weighted by atomic mass is 10.1. The van der Waals surface area contributed by atoms with Gasteiger partial charge in [0.1, 0.15) is 0 Å². The molecular weight excluding hydrogens is 268 g/mol. The van der Waals surface area contributed by atoms with Crippen LogP contribution in [0.3, 0.4) is 0 Å². The first kappa shape index (κ1) is 16.8. The average molecular weight is 290 g/mol. The Labute approximate surface area is 125 Å². The van der Waals surface area contributed by atoms with Crippen LogP contribution in [0.15, 0.2) is 30.3 Å². The fourth-order valence-corrected chi connectivity index (χ4v) is 1.51. The third-order valence-corrected chi connectivity index (χ3v) is 2.75. The van der Waals surface area contributed by atoms with Gasteiger partial charge in [0.2, 0.25) is 0 Å². The number of unbranched alkanes of at least 4 members (excludes halogenated alkanes) is 1. The zero-order valence-electron chi connectivity index (χ0n) is 12.8. The van der Waals surface area contributed by atoms with Crippen molar-refractivity contribution in [2.45, 2.75) is 19.8 Å². The predicted molar refractivity (Wildman–Crippen MR) is 84.0 cm³/mol. The van der Waals surface area contributed by atoms with E-state index in [1.807, 2.05) is 25.1 Å². The Morgan fingerprint density at radius 3 is 2.67 bits per heavy atom. The van der Waals surface area contributed by atoms with Crippen molar-refractivity contribution in [3.05, 3.63) is 35.9 Å². The van der Waals surface area contributed by atoms with Crippen molar-refractivity contribution in [2.24, 2.45) is 0 Å². The van der Waals surface area contributed by atoms with Gasteiger partial charge in [-0.1, -0.05) is 31.5 Å². The summed E-state index contributed by atoms with van der Waals surface area (Å²) >= 11 is 0. The summed E-state index contributed by atoms with van der Waals surface area (Å²) in [5, 5.41) is 2.77. The molecule has 5 heteroatoms. The lowest BCUT2D eigenvalue weighted by Gasteiger charge is -2.13. The van der Waals surface area contributed by atoms with Gasteiger partial charge in [0, 0.05) is 25.9 Å². The van der Waals surface area contributed by atoms with E-state index in [-0.39, 0.29) is 12.0 Å². The third kappa shape index (κ3) is 6.12. The van der Waals surface area contributed by atoms with E-state index in [0.29, 0.717) is 12.3 Å². The van der Waals surface area contributed by atoms with Gasteiger partial charge in [0.25, 0.3) is 0 Å². The Kier molecular flexibility index (Phi) is 7.01. The maximum atomic E-state index is 11.7. The maximum Gasteiger partial charge on any atom is 0.330 e. The summed E-state index contributed by atoms with van der Waals surface area (Å²) in [7, 11) is 3.33. The van der Waals surface area contributed by atoms with E-state index in [1.54, 1.807) is 26.2 Å². The number of benzene rings is 1. The quantitative estimate of drug-likeness (QED) is 0.497. The van der Waals surface area contributed by atoms with Crippen LogP contribution in [0.2, 0.25) is 0 Å². The van der Waals surface area contributed by atoms with E-state index in [9.17, 15) is 9.59 Å². The summed E-state index contributed by atoms with van der Waals surface area (Å²) in [4.78, 5) is 24.6. The number of carbonyl (C=O) groups excluding carboxylic acids is 2. The summed E-state index contributed by atoms with van der Waals surface area (Å²) in [5.41, 5.74) is 1.40. The summed E-state index contributed by atoms with van der Waals surface area (Å²) < 4.78 is 5.04. The Morgan fingerprint density at radius 2 is 2.00 bits per heavy atom. The molecule has 1 N–H and O–H groups in total. The standard InChI is InChI=1S/C16H22N2O3/c1-4-5-12-21-15(19)11-10-13-8-6-7-9-14(13)17-16(20)18(2)3/h6-11H,4-5,12H2,1-3H3,(H,17,20)/b11-10+. The monoisotopic (exact) mass is 290 g/mol. The number of nitrogens with zero attached hydrogens (tertiary/aromatic N) is 1. The van der Waals surface area contributed by atoms with Gasteiger partial charge in [-0.25, -0.2) is 9.59 Å². The van der Waals surface area contributed by atoms with E-state index in [0.717, 1.165) is 18.4 Å². The predicted octanol–water partition coefficient (Wildman–Crippen LogP) is 3.14. The van der Waals surface area contributed by atoms with Crippen LogP contribution in [0, 0.1) is 0 Å². The second-order valence-corrected chi connectivity index (χ2v) is 4.77. The molecule has 0 unspecified atom stereocenters. The van der Waals surface area contributed by atoms with Gasteiger partial charge in [0.15, 0.2) is 0 Å². The second-order valence-electron chi connectivity index (χ2n) is 4.77. The van der Waals surface area contributed by atoms with Gasteiger partial charge in [-0.15, -0.1) is 0 Å². The van der Waals surface area contributed by atoms with Crippen molar-refractivity contribution in [1.29, 1.82) is 0 Å². The van der Waals surface area contributed by atoms with Crippen molar-refractivity contribution < 1.29 is 14.3 Å². The van der Waals surface area contributed by atoms with Crippen molar-refractivity contribution >= 4 is 23.8 Å². The number of ether oxygens (including phenoxy) is 1. The molecule has 0 aliphatic heterocycles. The number of nitrogens with one attached hydrogen (secondary N) is 1. The molecule has 1 aromatic rings. The summed E-state index contributed by atoms with van der Waals surface area (Å²) in [6.07, 6.45) is 4.85. The number of hydrogen-bond donors (Lipinski definition) is 1. The van der Waals surface area contributed by atoms with E-state index >= 15 is 0 Å². The minimum atomic E-state index is -0.378. The molecule has 114 valence electrons. The third-order valence-electron chi connectivity index (χ3n) is 2.75. The number of urea groups is 1. The largest absolute Gasteiger partial charge is 0.463 e. The first-order valence-electron chi connectivity index (χ1n) is 6.96. The number of para-hydroxylation sites is 1. The first-order valence-corrected chi connectivity index (χ1v) is 6.96. The highest BCUT2D eigenvalue weighted by molar-refractivity contribution is 5.93. The zero-order valence-corrected chi connectivity index (χ0v) is 12.8. The smallest absolute Gasteiger partial charge is 0.330 e. The molecule has 0 spiro atoms. The van der Waals surface area contributed by atoms with Crippen molar-refractivity contribution in [3.8, 4) is 0 Å². The van der Waals surface area contributed by atoms with E-state index < -0.39 is 0 Å². The molecule has 0 aliphatic carbocycles. The lowest BCUT2D eigenvalue weighted by Crippen LogP contribution is -2.27. The SMILES string of the molecule is CCCCOC(=O)/C=C/c1ccccc1NC(=O)N(C)C. The van der Waals surface area contributed by atoms with Crippen LogP contribution in [-0.4, -0.2) is 37.6 Å². The normalized spacial score (nSPS) is 10.4. The Hall–Kier alpha value is -2.30. The minimum absolute atomic E-state index is 0.221. The molecule has 0 bridgehead atoms. The Morgan fingerprint density at radius 1 is 1.29 bits per heavy atom. The van der Waals surface area contributed by atoms with Crippen LogP contribution in [0.1, 0.15) is 25.3 Å². The fraction of sp³-hybridized carbons (Fsp3) is 0.375. The van der Waals surface area contributed by atoms with E-state index in [2.05, 4.69) is 5.32 Å². The number of esters is 1. The molecule has 0 fully saturated rings. The highest BCUT2D eigenvalue weighted by Gasteiger charge is 2.06. The summed E-state index contributed by atoms with van der Waals surface area (Å²) in [6.45, 7) is 2.46. The number of rotatable bonds is 6. The summed E-state index contributed by atoms with van der Waals surface area (Å²) in [5.74, 6) is -0.378. The number of carbonyl (C=O) groups is 2. The topological polar surface area (TPSA) is 58.6 Å². The molecule has 1 aromatic carbocycles. The fourth-order valence-electron chi connectivity index (χ4n) is 1.51. The average Bonchev–Trinajstić information content (AvgIpc) is 2.46. The molecule has 1 rings (SSSR count). The molecule has 0 radical (unpaired) electrons. The zero-order chi connectivity index (χ0) is 15.7. The molecule has 5 nitrogen and oxygen atoms in total. The van der Waals surface area contributed by atoms with Crippen molar-refractivity contribution in [2.75, 3.05) is 26.0 Å². The van der Waals surface area contributed by atoms with Crippen LogP contribution in [0.4, 0.5) is 10.5 Å². The first-order chi connectivity index (χ1) is 10.0. The van der Waals surface area contributed by atoms with Crippen LogP contribution < -0.4 is 5.32 Å². The second kappa shape index (κ2) is 8.79. The van der Waals surface area contributed by atoms with E-state index in [1.165, 1.54) is 11.0 Å². The number of amides is 2. The van der Waals surface area contributed by atoms with Crippen LogP contribution in [0.5, 0.6) is 0 Å². The molecular formula is C16H22N2O3. The molecule has 0 saturated carbocycles. The van der Waals surface area contributed by atoms with E-state index in [4.69, 9.17) is 4.74 Å². The number of hydrogen-bond acceptors (Lipinski definition) is 3. The van der Waals surface area contributed by atoms with Gasteiger partial charge < -0.3 is 15.0 Å². The number of anilines is 1. The molecule has 2 amide bonds. The summed E-state index contributed by atoms with van der Waals surface area (Å²) in [6, 6.07) is 7.04. The van der Waals surface area contributed by atoms with Gasteiger partial charge >= 0.3 is 12.0 Å². The van der Waals surface area contributed by atoms with Gasteiger partial charge in [0.05, 0.1) is 6.61 Å². The Balaban J connectivity index is 2.70. The highest BCUT2D eigenvalue weighted by atomic mass is 16.5. The van der Waals surface area contributed by atoms with Crippen LogP contribution in [-0.2, 0) is 9.53 Å². The van der Waals surface area contributed by atoms with Crippen LogP contribution >= 0.6 is 0 Å². The van der Waals surface area contributed by atoms with Crippen LogP contribution in [0.25, 0.3) is 6.08 Å². The van der Waals surface area contributed by atoms with Gasteiger partial charge in [-0.3, -0.25) is 0 Å². The van der Waals surface area contributed by atoms with Crippen molar-refractivity contribution in [3.63, 3.8) is 0 Å². The molecule has 0 aromatic heterocycles. The molecule has 0 saturated heterocycles. The van der Waals surface area contributed by atoms with Gasteiger partial charge in [-0.2, -0.15) is 0 Å². The lowest BCUT2D eigenvalue weighted by molar-refractivity contribution is -0.137. The van der Waals surface area contributed by atoms with Gasteiger partial charge in [-0.05, 0) is 24.1 Å². The maximum absolute atomic E-state index is 11.7. The molecule has 0 atom stereocenters. The highest BCUT2D eigenvalue weighted by Crippen LogP contribution is 2.17. The molecule has 21 heavy (non-hydrogen) atoms. The molecule has 0 aliphatic rings.